The molecule has 1 rings (SSSR count). The Hall–Kier alpha value is -0.860. The van der Waals surface area contributed by atoms with Crippen molar-refractivity contribution < 1.29 is 0 Å². The van der Waals surface area contributed by atoms with Gasteiger partial charge >= 0.3 is 0 Å². The molecule has 1 N–H and O–H groups in total. The number of hydrogen-bond donors (Lipinski definition) is 1. The zero-order valence-electron chi connectivity index (χ0n) is 10.3. The van der Waals surface area contributed by atoms with Gasteiger partial charge in [0.25, 0.3) is 0 Å². The van der Waals surface area contributed by atoms with Gasteiger partial charge in [-0.1, -0.05) is 18.2 Å². The maximum absolute atomic E-state index is 3.47. The van der Waals surface area contributed by atoms with Gasteiger partial charge in [0.05, 0.1) is 0 Å². The van der Waals surface area contributed by atoms with Crippen LogP contribution in [0.4, 0.5) is 0 Å². The van der Waals surface area contributed by atoms with Crippen LogP contribution in [0.25, 0.3) is 0 Å². The van der Waals surface area contributed by atoms with Crippen LogP contribution >= 0.6 is 0 Å². The van der Waals surface area contributed by atoms with E-state index in [4.69, 9.17) is 0 Å². The SMILES string of the molecule is Cc1cccc(C)c1CNCCN(C)C. The van der Waals surface area contributed by atoms with Crippen molar-refractivity contribution in [3.63, 3.8) is 0 Å². The lowest BCUT2D eigenvalue weighted by Gasteiger charge is -2.13. The lowest BCUT2D eigenvalue weighted by molar-refractivity contribution is 0.400. The standard InChI is InChI=1S/C13H22N2/c1-11-6-5-7-12(2)13(11)10-14-8-9-15(3)4/h5-7,14H,8-10H2,1-4H3. The normalized spacial score (nSPS) is 11.0. The topological polar surface area (TPSA) is 15.3 Å². The molecule has 1 aromatic rings. The fourth-order valence-corrected chi connectivity index (χ4v) is 1.64. The molecular formula is C13H22N2. The molecule has 0 fully saturated rings. The van der Waals surface area contributed by atoms with Crippen LogP contribution < -0.4 is 5.32 Å². The van der Waals surface area contributed by atoms with Gasteiger partial charge in [-0.25, -0.2) is 0 Å². The molecule has 0 spiro atoms. The highest BCUT2D eigenvalue weighted by atomic mass is 15.1. The molecule has 0 amide bonds. The fraction of sp³-hybridized carbons (Fsp3) is 0.538. The van der Waals surface area contributed by atoms with Gasteiger partial charge in [0.1, 0.15) is 0 Å². The molecule has 2 heteroatoms. The highest BCUT2D eigenvalue weighted by Crippen LogP contribution is 2.12. The summed E-state index contributed by atoms with van der Waals surface area (Å²) in [4.78, 5) is 2.19. The molecule has 0 saturated heterocycles. The van der Waals surface area contributed by atoms with Gasteiger partial charge in [0, 0.05) is 19.6 Å². The number of benzene rings is 1. The van der Waals surface area contributed by atoms with E-state index in [1.54, 1.807) is 0 Å². The van der Waals surface area contributed by atoms with Crippen molar-refractivity contribution in [2.45, 2.75) is 20.4 Å². The second kappa shape index (κ2) is 5.89. The second-order valence-corrected chi connectivity index (χ2v) is 4.35. The molecule has 0 aliphatic rings. The number of nitrogens with one attached hydrogen (secondary N) is 1. The summed E-state index contributed by atoms with van der Waals surface area (Å²) in [5, 5.41) is 3.47. The molecule has 0 unspecified atom stereocenters. The van der Waals surface area contributed by atoms with Crippen molar-refractivity contribution >= 4 is 0 Å². The van der Waals surface area contributed by atoms with E-state index in [1.165, 1.54) is 16.7 Å². The zero-order valence-corrected chi connectivity index (χ0v) is 10.3. The lowest BCUT2D eigenvalue weighted by atomic mass is 10.0. The minimum Gasteiger partial charge on any atom is -0.311 e. The molecule has 2 nitrogen and oxygen atoms in total. The van der Waals surface area contributed by atoms with Crippen LogP contribution in [-0.2, 0) is 6.54 Å². The number of aryl methyl sites for hydroxylation is 2. The highest BCUT2D eigenvalue weighted by molar-refractivity contribution is 5.33. The van der Waals surface area contributed by atoms with Gasteiger partial charge in [-0.05, 0) is 44.6 Å². The Morgan fingerprint density at radius 2 is 1.73 bits per heavy atom. The summed E-state index contributed by atoms with van der Waals surface area (Å²) in [7, 11) is 4.20. The highest BCUT2D eigenvalue weighted by Gasteiger charge is 2.00. The van der Waals surface area contributed by atoms with Crippen LogP contribution in [0.3, 0.4) is 0 Å². The maximum Gasteiger partial charge on any atom is 0.0211 e. The Bertz CT molecular complexity index is 285. The summed E-state index contributed by atoms with van der Waals surface area (Å²) in [6.07, 6.45) is 0. The number of hydrogen-bond acceptors (Lipinski definition) is 2. The van der Waals surface area contributed by atoms with E-state index >= 15 is 0 Å². The summed E-state index contributed by atoms with van der Waals surface area (Å²) in [6, 6.07) is 6.47. The molecule has 0 atom stereocenters. The molecule has 0 aliphatic heterocycles. The van der Waals surface area contributed by atoms with E-state index < -0.39 is 0 Å². The van der Waals surface area contributed by atoms with Gasteiger partial charge in [0.15, 0.2) is 0 Å². The van der Waals surface area contributed by atoms with E-state index in [9.17, 15) is 0 Å². The van der Waals surface area contributed by atoms with Gasteiger partial charge < -0.3 is 10.2 Å². The molecule has 0 bridgehead atoms. The van der Waals surface area contributed by atoms with Crippen molar-refractivity contribution in [3.05, 3.63) is 34.9 Å². The van der Waals surface area contributed by atoms with Gasteiger partial charge in [-0.2, -0.15) is 0 Å². The van der Waals surface area contributed by atoms with Crippen LogP contribution in [0.5, 0.6) is 0 Å². The molecule has 0 aliphatic carbocycles. The first-order valence-corrected chi connectivity index (χ1v) is 5.52. The predicted octanol–water partition coefficient (Wildman–Crippen LogP) is 1.95. The molecular weight excluding hydrogens is 184 g/mol. The minimum absolute atomic E-state index is 0.979. The maximum atomic E-state index is 3.47. The van der Waals surface area contributed by atoms with Gasteiger partial charge in [0.2, 0.25) is 0 Å². The molecule has 0 aromatic heterocycles. The molecule has 0 saturated carbocycles. The summed E-state index contributed by atoms with van der Waals surface area (Å²) in [5.74, 6) is 0. The largest absolute Gasteiger partial charge is 0.311 e. The number of nitrogens with zero attached hydrogens (tertiary/aromatic N) is 1. The first kappa shape index (κ1) is 12.2. The lowest BCUT2D eigenvalue weighted by Crippen LogP contribution is -2.26. The monoisotopic (exact) mass is 206 g/mol. The third-order valence-electron chi connectivity index (χ3n) is 2.68. The van der Waals surface area contributed by atoms with Gasteiger partial charge in [-0.15, -0.1) is 0 Å². The molecule has 84 valence electrons. The van der Waals surface area contributed by atoms with Crippen LogP contribution in [-0.4, -0.2) is 32.1 Å². The van der Waals surface area contributed by atoms with E-state index in [0.29, 0.717) is 0 Å². The number of rotatable bonds is 5. The van der Waals surface area contributed by atoms with Crippen LogP contribution in [0.2, 0.25) is 0 Å². The summed E-state index contributed by atoms with van der Waals surface area (Å²) in [5.41, 5.74) is 4.20. The molecule has 0 radical (unpaired) electrons. The average Bonchev–Trinajstić information content (AvgIpc) is 2.15. The predicted molar refractivity (Wildman–Crippen MR) is 66.2 cm³/mol. The van der Waals surface area contributed by atoms with Crippen LogP contribution in [0, 0.1) is 13.8 Å². The Morgan fingerprint density at radius 3 is 2.27 bits per heavy atom. The molecule has 15 heavy (non-hydrogen) atoms. The Balaban J connectivity index is 2.43. The third-order valence-corrected chi connectivity index (χ3v) is 2.68. The average molecular weight is 206 g/mol. The van der Waals surface area contributed by atoms with Crippen LogP contribution in [0.1, 0.15) is 16.7 Å². The van der Waals surface area contributed by atoms with E-state index in [0.717, 1.165) is 19.6 Å². The fourth-order valence-electron chi connectivity index (χ4n) is 1.64. The van der Waals surface area contributed by atoms with Gasteiger partial charge in [-0.3, -0.25) is 0 Å². The smallest absolute Gasteiger partial charge is 0.0211 e. The summed E-state index contributed by atoms with van der Waals surface area (Å²) in [6.45, 7) is 7.46. The molecule has 1 aromatic carbocycles. The van der Waals surface area contributed by atoms with Crippen molar-refractivity contribution in [1.29, 1.82) is 0 Å². The summed E-state index contributed by atoms with van der Waals surface area (Å²) >= 11 is 0. The third kappa shape index (κ3) is 4.02. The van der Waals surface area contributed by atoms with Crippen LogP contribution in [0.15, 0.2) is 18.2 Å². The number of likely N-dealkylation sites (N-methyl/N-ethyl adjacent to an activating group) is 1. The quantitative estimate of drug-likeness (QED) is 0.741. The van der Waals surface area contributed by atoms with Crippen molar-refractivity contribution in [1.82, 2.24) is 10.2 Å². The van der Waals surface area contributed by atoms with Crippen molar-refractivity contribution in [2.75, 3.05) is 27.2 Å². The van der Waals surface area contributed by atoms with E-state index in [2.05, 4.69) is 56.4 Å². The minimum atomic E-state index is 0.979. The van der Waals surface area contributed by atoms with E-state index in [-0.39, 0.29) is 0 Å². The van der Waals surface area contributed by atoms with Crippen molar-refractivity contribution in [2.24, 2.45) is 0 Å². The Labute approximate surface area is 93.3 Å². The summed E-state index contributed by atoms with van der Waals surface area (Å²) < 4.78 is 0. The first-order valence-electron chi connectivity index (χ1n) is 5.52. The Kier molecular flexibility index (Phi) is 4.79. The second-order valence-electron chi connectivity index (χ2n) is 4.35. The Morgan fingerprint density at radius 1 is 1.13 bits per heavy atom. The first-order chi connectivity index (χ1) is 7.11. The zero-order chi connectivity index (χ0) is 11.3. The van der Waals surface area contributed by atoms with Crippen molar-refractivity contribution in [3.8, 4) is 0 Å². The molecule has 0 heterocycles. The van der Waals surface area contributed by atoms with E-state index in [1.807, 2.05) is 0 Å².